The van der Waals surface area contributed by atoms with Crippen LogP contribution in [0.25, 0.3) is 0 Å². The van der Waals surface area contributed by atoms with Crippen molar-refractivity contribution in [1.29, 1.82) is 0 Å². The number of anilines is 2. The Hall–Kier alpha value is -1.02. The van der Waals surface area contributed by atoms with Crippen molar-refractivity contribution in [2.24, 2.45) is 0 Å². The van der Waals surface area contributed by atoms with Crippen molar-refractivity contribution in [2.45, 2.75) is 4.90 Å². The van der Waals surface area contributed by atoms with Gasteiger partial charge in [-0.2, -0.15) is 0 Å². The minimum atomic E-state index is -4.01. The van der Waals surface area contributed by atoms with Crippen LogP contribution in [0.15, 0.2) is 39.7 Å². The molecule has 21 heavy (non-hydrogen) atoms. The van der Waals surface area contributed by atoms with E-state index >= 15 is 0 Å². The summed E-state index contributed by atoms with van der Waals surface area (Å²) in [7, 11) is -4.01. The molecule has 0 aliphatic heterocycles. The molecule has 2 aromatic rings. The molecule has 0 atom stereocenters. The summed E-state index contributed by atoms with van der Waals surface area (Å²) < 4.78 is 40.3. The summed E-state index contributed by atoms with van der Waals surface area (Å²) in [5.74, 6) is -0.662. The SMILES string of the molecule is Nc1cc(Cl)cc(S(=O)(=O)Nc2cc(F)cc(Cl)c2)c1Br. The van der Waals surface area contributed by atoms with E-state index < -0.39 is 15.8 Å². The lowest BCUT2D eigenvalue weighted by Gasteiger charge is -2.12. The van der Waals surface area contributed by atoms with Gasteiger partial charge in [-0.3, -0.25) is 4.72 Å². The van der Waals surface area contributed by atoms with E-state index in [0.29, 0.717) is 0 Å². The Labute approximate surface area is 139 Å². The Kier molecular flexibility index (Phi) is 4.67. The number of halogens is 4. The number of sulfonamides is 1. The fourth-order valence-electron chi connectivity index (χ4n) is 1.60. The van der Waals surface area contributed by atoms with Gasteiger partial charge in [-0.1, -0.05) is 23.2 Å². The predicted octanol–water partition coefficient (Wildman–Crippen LogP) is 4.28. The molecule has 0 unspecified atom stereocenters. The zero-order valence-electron chi connectivity index (χ0n) is 10.2. The Balaban J connectivity index is 2.48. The van der Waals surface area contributed by atoms with Crippen LogP contribution in [0.3, 0.4) is 0 Å². The molecule has 0 saturated carbocycles. The van der Waals surface area contributed by atoms with E-state index in [4.69, 9.17) is 28.9 Å². The first-order chi connectivity index (χ1) is 9.69. The van der Waals surface area contributed by atoms with Gasteiger partial charge in [0, 0.05) is 15.7 Å². The third kappa shape index (κ3) is 3.79. The molecule has 2 aromatic carbocycles. The van der Waals surface area contributed by atoms with Crippen LogP contribution >= 0.6 is 39.1 Å². The predicted molar refractivity (Wildman–Crippen MR) is 85.8 cm³/mol. The summed E-state index contributed by atoms with van der Waals surface area (Å²) in [5.41, 5.74) is 5.81. The lowest BCUT2D eigenvalue weighted by atomic mass is 10.3. The van der Waals surface area contributed by atoms with Crippen molar-refractivity contribution in [1.82, 2.24) is 0 Å². The van der Waals surface area contributed by atoms with Crippen molar-refractivity contribution in [3.8, 4) is 0 Å². The molecule has 0 amide bonds. The molecule has 0 fully saturated rings. The summed E-state index contributed by atoms with van der Waals surface area (Å²) in [4.78, 5) is -0.159. The van der Waals surface area contributed by atoms with Crippen LogP contribution in [-0.4, -0.2) is 8.42 Å². The molecule has 2 rings (SSSR count). The smallest absolute Gasteiger partial charge is 0.263 e. The monoisotopic (exact) mass is 412 g/mol. The summed E-state index contributed by atoms with van der Waals surface area (Å²) in [6, 6.07) is 5.98. The zero-order chi connectivity index (χ0) is 15.8. The van der Waals surface area contributed by atoms with E-state index in [1.54, 1.807) is 0 Å². The van der Waals surface area contributed by atoms with Gasteiger partial charge in [0.1, 0.15) is 10.7 Å². The maximum atomic E-state index is 13.2. The number of hydrogen-bond donors (Lipinski definition) is 2. The van der Waals surface area contributed by atoms with Crippen LogP contribution in [0.4, 0.5) is 15.8 Å². The van der Waals surface area contributed by atoms with Gasteiger partial charge < -0.3 is 5.73 Å². The molecule has 0 aliphatic carbocycles. The summed E-state index contributed by atoms with van der Waals surface area (Å²) in [6.07, 6.45) is 0. The number of rotatable bonds is 3. The number of benzene rings is 2. The Morgan fingerprint density at radius 1 is 1.10 bits per heavy atom. The van der Waals surface area contributed by atoms with Crippen LogP contribution in [0.5, 0.6) is 0 Å². The number of nitrogens with one attached hydrogen (secondary N) is 1. The van der Waals surface area contributed by atoms with E-state index in [-0.39, 0.29) is 30.8 Å². The van der Waals surface area contributed by atoms with Gasteiger partial charge in [-0.15, -0.1) is 0 Å². The normalized spacial score (nSPS) is 11.4. The third-order valence-electron chi connectivity index (χ3n) is 2.44. The average molecular weight is 414 g/mol. The first kappa shape index (κ1) is 16.4. The van der Waals surface area contributed by atoms with Gasteiger partial charge in [0.25, 0.3) is 10.0 Å². The standard InChI is InChI=1S/C12H8BrCl2FN2O2S/c13-12-10(17)3-7(15)4-11(12)21(19,20)18-9-2-6(14)1-8(16)5-9/h1-5,18H,17H2. The summed E-state index contributed by atoms with van der Waals surface area (Å²) >= 11 is 14.6. The Morgan fingerprint density at radius 2 is 1.71 bits per heavy atom. The maximum Gasteiger partial charge on any atom is 0.263 e. The highest BCUT2D eigenvalue weighted by Gasteiger charge is 2.20. The molecule has 0 radical (unpaired) electrons. The fraction of sp³-hybridized carbons (Fsp3) is 0. The van der Waals surface area contributed by atoms with E-state index in [0.717, 1.165) is 12.1 Å². The van der Waals surface area contributed by atoms with Crippen molar-refractivity contribution in [3.05, 3.63) is 50.7 Å². The van der Waals surface area contributed by atoms with Gasteiger partial charge in [-0.05, 0) is 46.3 Å². The molecule has 112 valence electrons. The molecular formula is C12H8BrCl2FN2O2S. The molecule has 9 heteroatoms. The van der Waals surface area contributed by atoms with Crippen molar-refractivity contribution in [2.75, 3.05) is 10.5 Å². The fourth-order valence-corrected chi connectivity index (χ4v) is 4.16. The first-order valence-corrected chi connectivity index (χ1v) is 8.46. The van der Waals surface area contributed by atoms with E-state index in [1.807, 2.05) is 0 Å². The van der Waals surface area contributed by atoms with Crippen LogP contribution in [-0.2, 0) is 10.0 Å². The molecule has 0 aromatic heterocycles. The second-order valence-corrected chi connectivity index (χ2v) is 7.39. The largest absolute Gasteiger partial charge is 0.398 e. The lowest BCUT2D eigenvalue weighted by Crippen LogP contribution is -2.14. The number of nitrogen functional groups attached to an aromatic ring is 1. The van der Waals surface area contributed by atoms with E-state index in [2.05, 4.69) is 20.7 Å². The average Bonchev–Trinajstić information content (AvgIpc) is 2.31. The van der Waals surface area contributed by atoms with Crippen LogP contribution in [0, 0.1) is 5.82 Å². The topological polar surface area (TPSA) is 72.2 Å². The van der Waals surface area contributed by atoms with Gasteiger partial charge in [0.15, 0.2) is 0 Å². The molecule has 0 aliphatic rings. The van der Waals surface area contributed by atoms with Gasteiger partial charge in [-0.25, -0.2) is 12.8 Å². The quantitative estimate of drug-likeness (QED) is 0.737. The van der Waals surface area contributed by atoms with Gasteiger partial charge in [0.2, 0.25) is 0 Å². The number of nitrogens with two attached hydrogens (primary N) is 1. The molecule has 0 saturated heterocycles. The second-order valence-electron chi connectivity index (χ2n) is 4.07. The van der Waals surface area contributed by atoms with Gasteiger partial charge >= 0.3 is 0 Å². The molecule has 0 spiro atoms. The molecule has 3 N–H and O–H groups in total. The second kappa shape index (κ2) is 6.00. The van der Waals surface area contributed by atoms with Crippen LogP contribution < -0.4 is 10.5 Å². The highest BCUT2D eigenvalue weighted by atomic mass is 79.9. The number of hydrogen-bond acceptors (Lipinski definition) is 3. The minimum absolute atomic E-state index is 0.00885. The highest BCUT2D eigenvalue weighted by molar-refractivity contribution is 9.10. The van der Waals surface area contributed by atoms with E-state index in [9.17, 15) is 12.8 Å². The lowest BCUT2D eigenvalue weighted by molar-refractivity contribution is 0.600. The Morgan fingerprint density at radius 3 is 2.33 bits per heavy atom. The van der Waals surface area contributed by atoms with Crippen LogP contribution in [0.2, 0.25) is 10.0 Å². The van der Waals surface area contributed by atoms with Crippen molar-refractivity contribution >= 4 is 60.5 Å². The molecule has 4 nitrogen and oxygen atoms in total. The Bertz CT molecular complexity index is 795. The van der Waals surface area contributed by atoms with E-state index in [1.165, 1.54) is 18.2 Å². The van der Waals surface area contributed by atoms with Crippen molar-refractivity contribution in [3.63, 3.8) is 0 Å². The highest BCUT2D eigenvalue weighted by Crippen LogP contribution is 2.32. The zero-order valence-corrected chi connectivity index (χ0v) is 14.1. The molecule has 0 heterocycles. The molecule has 0 bridgehead atoms. The summed E-state index contributed by atoms with van der Waals surface area (Å²) in [6.45, 7) is 0. The maximum absolute atomic E-state index is 13.2. The van der Waals surface area contributed by atoms with Gasteiger partial charge in [0.05, 0.1) is 10.2 Å². The van der Waals surface area contributed by atoms with Crippen molar-refractivity contribution < 1.29 is 12.8 Å². The third-order valence-corrected chi connectivity index (χ3v) is 5.43. The minimum Gasteiger partial charge on any atom is -0.398 e. The molecular weight excluding hydrogens is 406 g/mol. The van der Waals surface area contributed by atoms with Crippen LogP contribution in [0.1, 0.15) is 0 Å². The first-order valence-electron chi connectivity index (χ1n) is 5.42. The summed E-state index contributed by atoms with van der Waals surface area (Å²) in [5, 5.41) is 0.228.